The Bertz CT molecular complexity index is 690. The van der Waals surface area contributed by atoms with Crippen LogP contribution in [0.2, 0.25) is 5.02 Å². The second kappa shape index (κ2) is 9.57. The van der Waals surface area contributed by atoms with Crippen molar-refractivity contribution in [1.29, 1.82) is 0 Å². The van der Waals surface area contributed by atoms with Crippen LogP contribution in [-0.2, 0) is 4.74 Å². The molecule has 0 aromatic heterocycles. The van der Waals surface area contributed by atoms with Gasteiger partial charge in [-0.3, -0.25) is 4.90 Å². The van der Waals surface area contributed by atoms with Gasteiger partial charge in [0.2, 0.25) is 0 Å². The van der Waals surface area contributed by atoms with Gasteiger partial charge in [-0.05, 0) is 90.1 Å². The number of rotatable bonds is 5. The zero-order valence-corrected chi connectivity index (χ0v) is 19.0. The highest BCUT2D eigenvalue weighted by Gasteiger charge is 2.29. The van der Waals surface area contributed by atoms with Gasteiger partial charge in [-0.1, -0.05) is 17.7 Å². The van der Waals surface area contributed by atoms with E-state index < -0.39 is 5.60 Å². The number of nitrogens with zero attached hydrogens (tertiary/aromatic N) is 2. The zero-order chi connectivity index (χ0) is 21.0. The number of ether oxygens (including phenoxy) is 2. The molecule has 162 valence electrons. The molecule has 0 radical (unpaired) electrons. The molecule has 2 aliphatic heterocycles. The van der Waals surface area contributed by atoms with Gasteiger partial charge in [0.05, 0.1) is 0 Å². The number of halogens is 1. The van der Waals surface area contributed by atoms with E-state index >= 15 is 0 Å². The molecule has 0 N–H and O–H groups in total. The highest BCUT2D eigenvalue weighted by atomic mass is 35.5. The average molecular weight is 423 g/mol. The Morgan fingerprint density at radius 2 is 1.83 bits per heavy atom. The second-order valence-electron chi connectivity index (χ2n) is 9.33. The topological polar surface area (TPSA) is 42.0 Å². The molecule has 2 saturated heterocycles. The number of piperidine rings is 1. The van der Waals surface area contributed by atoms with Crippen LogP contribution < -0.4 is 4.74 Å². The Hall–Kier alpha value is -1.46. The molecular weight excluding hydrogens is 388 g/mol. The minimum atomic E-state index is -0.461. The maximum atomic E-state index is 12.3. The summed E-state index contributed by atoms with van der Waals surface area (Å²) in [5.74, 6) is 1.25. The van der Waals surface area contributed by atoms with Gasteiger partial charge in [-0.15, -0.1) is 0 Å². The molecule has 5 nitrogen and oxygen atoms in total. The lowest BCUT2D eigenvalue weighted by atomic mass is 9.89. The van der Waals surface area contributed by atoms with Crippen molar-refractivity contribution in [1.82, 2.24) is 9.80 Å². The zero-order valence-electron chi connectivity index (χ0n) is 18.2. The highest BCUT2D eigenvalue weighted by Crippen LogP contribution is 2.36. The van der Waals surface area contributed by atoms with Gasteiger partial charge < -0.3 is 14.4 Å². The predicted octanol–water partition coefficient (Wildman–Crippen LogP) is 5.32. The predicted molar refractivity (Wildman–Crippen MR) is 117 cm³/mol. The van der Waals surface area contributed by atoms with Gasteiger partial charge in [0.15, 0.2) is 0 Å². The molecule has 2 aliphatic rings. The summed E-state index contributed by atoms with van der Waals surface area (Å²) >= 11 is 6.26. The first-order valence-electron chi connectivity index (χ1n) is 10.9. The number of hydrogen-bond donors (Lipinski definition) is 0. The van der Waals surface area contributed by atoms with Crippen molar-refractivity contribution in [3.05, 3.63) is 28.8 Å². The first kappa shape index (κ1) is 22.2. The van der Waals surface area contributed by atoms with Crippen LogP contribution >= 0.6 is 11.6 Å². The Balaban J connectivity index is 1.60. The molecule has 1 atom stereocenters. The van der Waals surface area contributed by atoms with E-state index in [4.69, 9.17) is 21.1 Å². The fourth-order valence-corrected chi connectivity index (χ4v) is 4.33. The van der Waals surface area contributed by atoms with Crippen molar-refractivity contribution < 1.29 is 14.3 Å². The summed E-state index contributed by atoms with van der Waals surface area (Å²) in [6.07, 6.45) is 4.15. The lowest BCUT2D eigenvalue weighted by Gasteiger charge is -2.34. The molecule has 1 unspecified atom stereocenters. The van der Waals surface area contributed by atoms with E-state index in [1.54, 1.807) is 0 Å². The maximum absolute atomic E-state index is 12.3. The Kier molecular flexibility index (Phi) is 7.33. The van der Waals surface area contributed by atoms with Gasteiger partial charge >= 0.3 is 6.09 Å². The van der Waals surface area contributed by atoms with Crippen molar-refractivity contribution in [2.75, 3.05) is 32.8 Å². The lowest BCUT2D eigenvalue weighted by molar-refractivity contribution is 0.0204. The standard InChI is InChI=1S/C23H35ClN2O3/c1-17(25-11-5-6-12-25)16-28-21-15-19(24)7-8-20(21)18-9-13-26(14-10-18)22(27)29-23(2,3)4/h7-8,15,17-18H,5-6,9-14,16H2,1-4H3. The molecule has 3 rings (SSSR count). The Morgan fingerprint density at radius 1 is 1.17 bits per heavy atom. The van der Waals surface area contributed by atoms with Crippen LogP contribution in [-0.4, -0.2) is 60.3 Å². The summed E-state index contributed by atoms with van der Waals surface area (Å²) in [5, 5.41) is 0.698. The molecule has 1 aromatic carbocycles. The molecular formula is C23H35ClN2O3. The van der Waals surface area contributed by atoms with Gasteiger partial charge in [0.25, 0.3) is 0 Å². The smallest absolute Gasteiger partial charge is 0.410 e. The molecule has 2 fully saturated rings. The van der Waals surface area contributed by atoms with E-state index in [1.165, 1.54) is 18.4 Å². The summed E-state index contributed by atoms with van der Waals surface area (Å²) in [6.45, 7) is 12.3. The number of carbonyl (C=O) groups excluding carboxylic acids is 1. The molecule has 29 heavy (non-hydrogen) atoms. The minimum Gasteiger partial charge on any atom is -0.492 e. The summed E-state index contributed by atoms with van der Waals surface area (Å²) in [4.78, 5) is 16.6. The van der Waals surface area contributed by atoms with Crippen LogP contribution in [0.15, 0.2) is 18.2 Å². The van der Waals surface area contributed by atoms with E-state index in [0.717, 1.165) is 31.7 Å². The first-order chi connectivity index (χ1) is 13.7. The van der Waals surface area contributed by atoms with Gasteiger partial charge in [-0.25, -0.2) is 4.79 Å². The number of carbonyl (C=O) groups is 1. The third-order valence-corrected chi connectivity index (χ3v) is 6.04. The molecule has 1 amide bonds. The third kappa shape index (κ3) is 6.26. The lowest BCUT2D eigenvalue weighted by Crippen LogP contribution is -2.41. The van der Waals surface area contributed by atoms with Crippen LogP contribution in [0.3, 0.4) is 0 Å². The highest BCUT2D eigenvalue weighted by molar-refractivity contribution is 6.30. The summed E-state index contributed by atoms with van der Waals surface area (Å²) in [7, 11) is 0. The molecule has 0 spiro atoms. The number of amides is 1. The maximum Gasteiger partial charge on any atom is 0.410 e. The Labute approximate surface area is 180 Å². The van der Waals surface area contributed by atoms with Crippen molar-refractivity contribution in [3.63, 3.8) is 0 Å². The molecule has 2 heterocycles. The molecule has 1 aromatic rings. The first-order valence-corrected chi connectivity index (χ1v) is 11.2. The molecule has 6 heteroatoms. The quantitative estimate of drug-likeness (QED) is 0.644. The summed E-state index contributed by atoms with van der Waals surface area (Å²) < 4.78 is 11.8. The van der Waals surface area contributed by atoms with E-state index in [0.29, 0.717) is 36.7 Å². The number of likely N-dealkylation sites (tertiary alicyclic amines) is 2. The molecule has 0 bridgehead atoms. The van der Waals surface area contributed by atoms with E-state index in [2.05, 4.69) is 17.9 Å². The largest absolute Gasteiger partial charge is 0.492 e. The Morgan fingerprint density at radius 3 is 2.45 bits per heavy atom. The van der Waals surface area contributed by atoms with Crippen molar-refractivity contribution in [2.24, 2.45) is 0 Å². The monoisotopic (exact) mass is 422 g/mol. The SMILES string of the molecule is CC(COc1cc(Cl)ccc1C1CCN(C(=O)OC(C)(C)C)CC1)N1CCCC1. The van der Waals surface area contributed by atoms with Crippen molar-refractivity contribution >= 4 is 17.7 Å². The van der Waals surface area contributed by atoms with Gasteiger partial charge in [0.1, 0.15) is 18.0 Å². The van der Waals surface area contributed by atoms with E-state index in [-0.39, 0.29) is 6.09 Å². The fourth-order valence-electron chi connectivity index (χ4n) is 4.17. The van der Waals surface area contributed by atoms with Crippen LogP contribution in [0.4, 0.5) is 4.79 Å². The average Bonchev–Trinajstić information content (AvgIpc) is 3.20. The fraction of sp³-hybridized carbons (Fsp3) is 0.696. The third-order valence-electron chi connectivity index (χ3n) is 5.81. The number of benzene rings is 1. The van der Waals surface area contributed by atoms with Gasteiger partial charge in [0, 0.05) is 24.2 Å². The van der Waals surface area contributed by atoms with Crippen molar-refractivity contribution in [2.45, 2.75) is 70.9 Å². The summed E-state index contributed by atoms with van der Waals surface area (Å²) in [5.41, 5.74) is 0.740. The molecule has 0 saturated carbocycles. The molecule has 0 aliphatic carbocycles. The summed E-state index contributed by atoms with van der Waals surface area (Å²) in [6, 6.07) is 6.37. The van der Waals surface area contributed by atoms with E-state index in [1.807, 2.05) is 37.8 Å². The van der Waals surface area contributed by atoms with Crippen molar-refractivity contribution in [3.8, 4) is 5.75 Å². The van der Waals surface area contributed by atoms with Crippen LogP contribution in [0.25, 0.3) is 0 Å². The van der Waals surface area contributed by atoms with Crippen LogP contribution in [0.1, 0.15) is 64.9 Å². The van der Waals surface area contributed by atoms with Gasteiger partial charge in [-0.2, -0.15) is 0 Å². The second-order valence-corrected chi connectivity index (χ2v) is 9.76. The normalized spacial score (nSPS) is 20.0. The number of hydrogen-bond acceptors (Lipinski definition) is 4. The van der Waals surface area contributed by atoms with Crippen LogP contribution in [0.5, 0.6) is 5.75 Å². The van der Waals surface area contributed by atoms with E-state index in [9.17, 15) is 4.79 Å². The van der Waals surface area contributed by atoms with Crippen LogP contribution in [0, 0.1) is 0 Å². The minimum absolute atomic E-state index is 0.219.